The van der Waals surface area contributed by atoms with Crippen LogP contribution in [0.1, 0.15) is 19.3 Å². The van der Waals surface area contributed by atoms with Gasteiger partial charge in [-0.2, -0.15) is 0 Å². The SMILES string of the molecule is CN(CC(=O)NC1CS(=O)(=O)CC1Cl)C1CCCC1CN. The summed E-state index contributed by atoms with van der Waals surface area (Å²) in [6.45, 7) is 0.891. The molecule has 0 aromatic rings. The van der Waals surface area contributed by atoms with Gasteiger partial charge in [0.05, 0.1) is 29.5 Å². The zero-order valence-electron chi connectivity index (χ0n) is 12.3. The molecule has 1 heterocycles. The summed E-state index contributed by atoms with van der Waals surface area (Å²) in [5.74, 6) is 0.141. The third-order valence-electron chi connectivity index (χ3n) is 4.51. The average Bonchev–Trinajstić information content (AvgIpc) is 2.93. The summed E-state index contributed by atoms with van der Waals surface area (Å²) in [6.07, 6.45) is 3.31. The van der Waals surface area contributed by atoms with Gasteiger partial charge in [0.2, 0.25) is 5.91 Å². The molecule has 0 bridgehead atoms. The Bertz CT molecular complexity index is 485. The molecular weight excluding hydrogens is 314 g/mol. The van der Waals surface area contributed by atoms with E-state index in [0.717, 1.165) is 19.3 Å². The van der Waals surface area contributed by atoms with Crippen LogP contribution in [0.3, 0.4) is 0 Å². The third kappa shape index (κ3) is 4.31. The first kappa shape index (κ1) is 17.0. The third-order valence-corrected chi connectivity index (χ3v) is 6.89. The number of amides is 1. The van der Waals surface area contributed by atoms with Crippen molar-refractivity contribution in [3.63, 3.8) is 0 Å². The summed E-state index contributed by atoms with van der Waals surface area (Å²) in [4.78, 5) is 14.1. The molecule has 4 unspecified atom stereocenters. The lowest BCUT2D eigenvalue weighted by Gasteiger charge is -2.29. The summed E-state index contributed by atoms with van der Waals surface area (Å²) in [5, 5.41) is 2.21. The number of hydrogen-bond donors (Lipinski definition) is 2. The molecule has 21 heavy (non-hydrogen) atoms. The lowest BCUT2D eigenvalue weighted by atomic mass is 10.0. The number of likely N-dealkylation sites (N-methyl/N-ethyl adjacent to an activating group) is 1. The highest BCUT2D eigenvalue weighted by Crippen LogP contribution is 2.28. The van der Waals surface area contributed by atoms with Gasteiger partial charge in [-0.25, -0.2) is 8.42 Å². The maximum atomic E-state index is 12.1. The van der Waals surface area contributed by atoms with Gasteiger partial charge in [-0.3, -0.25) is 9.69 Å². The lowest BCUT2D eigenvalue weighted by molar-refractivity contribution is -0.123. The second-order valence-corrected chi connectivity index (χ2v) is 8.89. The van der Waals surface area contributed by atoms with E-state index in [1.165, 1.54) is 0 Å². The van der Waals surface area contributed by atoms with Gasteiger partial charge < -0.3 is 11.1 Å². The Morgan fingerprint density at radius 1 is 1.38 bits per heavy atom. The van der Waals surface area contributed by atoms with Crippen LogP contribution in [0, 0.1) is 5.92 Å². The Kier molecular flexibility index (Phi) is 5.51. The zero-order chi connectivity index (χ0) is 15.6. The maximum Gasteiger partial charge on any atom is 0.234 e. The van der Waals surface area contributed by atoms with E-state index in [0.29, 0.717) is 18.5 Å². The van der Waals surface area contributed by atoms with Crippen LogP contribution in [0.15, 0.2) is 0 Å². The fraction of sp³-hybridized carbons (Fsp3) is 0.923. The lowest BCUT2D eigenvalue weighted by Crippen LogP contribution is -2.48. The van der Waals surface area contributed by atoms with Gasteiger partial charge in [0, 0.05) is 6.04 Å². The highest BCUT2D eigenvalue weighted by molar-refractivity contribution is 7.91. The first-order valence-corrected chi connectivity index (χ1v) is 9.62. The van der Waals surface area contributed by atoms with E-state index in [1.54, 1.807) is 0 Å². The highest BCUT2D eigenvalue weighted by Gasteiger charge is 2.37. The number of carbonyl (C=O) groups excluding carboxylic acids is 1. The van der Waals surface area contributed by atoms with Crippen LogP contribution in [0.5, 0.6) is 0 Å². The molecule has 0 aromatic heterocycles. The Morgan fingerprint density at radius 2 is 2.10 bits per heavy atom. The van der Waals surface area contributed by atoms with Crippen molar-refractivity contribution < 1.29 is 13.2 Å². The molecule has 2 aliphatic rings. The van der Waals surface area contributed by atoms with Gasteiger partial charge >= 0.3 is 0 Å². The number of rotatable bonds is 5. The first-order valence-electron chi connectivity index (χ1n) is 7.36. The predicted molar refractivity (Wildman–Crippen MR) is 83.0 cm³/mol. The number of nitrogens with two attached hydrogens (primary N) is 1. The average molecular weight is 338 g/mol. The van der Waals surface area contributed by atoms with Gasteiger partial charge in [-0.05, 0) is 32.4 Å². The molecule has 0 spiro atoms. The maximum absolute atomic E-state index is 12.1. The number of hydrogen-bond acceptors (Lipinski definition) is 5. The number of carbonyl (C=O) groups is 1. The van der Waals surface area contributed by atoms with Gasteiger partial charge in [-0.15, -0.1) is 11.6 Å². The molecule has 1 amide bonds. The zero-order valence-corrected chi connectivity index (χ0v) is 13.9. The van der Waals surface area contributed by atoms with E-state index < -0.39 is 21.3 Å². The fourth-order valence-corrected chi connectivity index (χ4v) is 5.96. The minimum Gasteiger partial charge on any atom is -0.350 e. The van der Waals surface area contributed by atoms with Gasteiger partial charge in [0.15, 0.2) is 9.84 Å². The molecule has 1 aliphatic carbocycles. The van der Waals surface area contributed by atoms with Crippen molar-refractivity contribution in [1.29, 1.82) is 0 Å². The fourth-order valence-electron chi connectivity index (χ4n) is 3.41. The molecule has 2 rings (SSSR count). The summed E-state index contributed by atoms with van der Waals surface area (Å²) in [5.41, 5.74) is 5.76. The number of alkyl halides is 1. The number of nitrogens with zero attached hydrogens (tertiary/aromatic N) is 1. The van der Waals surface area contributed by atoms with Gasteiger partial charge in [-0.1, -0.05) is 6.42 Å². The first-order chi connectivity index (χ1) is 9.82. The largest absolute Gasteiger partial charge is 0.350 e. The molecule has 0 radical (unpaired) electrons. The van der Waals surface area contributed by atoms with Crippen molar-refractivity contribution in [2.45, 2.75) is 36.7 Å². The van der Waals surface area contributed by atoms with E-state index >= 15 is 0 Å². The van der Waals surface area contributed by atoms with Gasteiger partial charge in [0.1, 0.15) is 0 Å². The number of nitrogens with one attached hydrogen (secondary N) is 1. The Balaban J connectivity index is 1.84. The topological polar surface area (TPSA) is 92.5 Å². The monoisotopic (exact) mass is 337 g/mol. The Hall–Kier alpha value is -0.370. The second-order valence-electron chi connectivity index (χ2n) is 6.18. The molecule has 1 saturated carbocycles. The summed E-state index contributed by atoms with van der Waals surface area (Å²) < 4.78 is 23.0. The van der Waals surface area contributed by atoms with Gasteiger partial charge in [0.25, 0.3) is 0 Å². The van der Waals surface area contributed by atoms with E-state index in [1.807, 2.05) is 11.9 Å². The van der Waals surface area contributed by atoms with Crippen LogP contribution in [0.4, 0.5) is 0 Å². The summed E-state index contributed by atoms with van der Waals surface area (Å²) >= 11 is 5.99. The van der Waals surface area contributed by atoms with Crippen molar-refractivity contribution >= 4 is 27.3 Å². The highest BCUT2D eigenvalue weighted by atomic mass is 35.5. The van der Waals surface area contributed by atoms with Crippen LogP contribution < -0.4 is 11.1 Å². The second kappa shape index (κ2) is 6.81. The molecule has 3 N–H and O–H groups in total. The van der Waals surface area contributed by atoms with Crippen molar-refractivity contribution in [3.05, 3.63) is 0 Å². The predicted octanol–water partition coefficient (Wildman–Crippen LogP) is -0.434. The smallest absolute Gasteiger partial charge is 0.234 e. The molecule has 2 fully saturated rings. The van der Waals surface area contributed by atoms with E-state index in [2.05, 4.69) is 5.32 Å². The van der Waals surface area contributed by atoms with E-state index in [4.69, 9.17) is 17.3 Å². The molecule has 6 nitrogen and oxygen atoms in total. The molecule has 8 heteroatoms. The van der Waals surface area contributed by atoms with Crippen LogP contribution >= 0.6 is 11.6 Å². The molecule has 0 aromatic carbocycles. The Morgan fingerprint density at radius 3 is 2.67 bits per heavy atom. The van der Waals surface area contributed by atoms with Crippen molar-refractivity contribution in [2.24, 2.45) is 11.7 Å². The Labute approximate surface area is 131 Å². The van der Waals surface area contributed by atoms with Crippen molar-refractivity contribution in [2.75, 3.05) is 31.6 Å². The van der Waals surface area contributed by atoms with Crippen LogP contribution in [-0.2, 0) is 14.6 Å². The normalized spacial score (nSPS) is 35.2. The molecule has 1 aliphatic heterocycles. The number of sulfone groups is 1. The standard InChI is InChI=1S/C13H24ClN3O3S/c1-17(12-4-2-3-9(12)5-15)6-13(18)16-11-8-21(19,20)7-10(11)14/h9-12H,2-8,15H2,1H3,(H,16,18). The molecule has 1 saturated heterocycles. The molecule has 4 atom stereocenters. The minimum atomic E-state index is -3.12. The van der Waals surface area contributed by atoms with Crippen LogP contribution in [-0.4, -0.2) is 68.3 Å². The van der Waals surface area contributed by atoms with Crippen LogP contribution in [0.2, 0.25) is 0 Å². The summed E-state index contributed by atoms with van der Waals surface area (Å²) in [7, 11) is -1.21. The van der Waals surface area contributed by atoms with E-state index in [9.17, 15) is 13.2 Å². The summed E-state index contributed by atoms with van der Waals surface area (Å²) in [6, 6.07) is -0.147. The van der Waals surface area contributed by atoms with E-state index in [-0.39, 0.29) is 24.0 Å². The van der Waals surface area contributed by atoms with Crippen LogP contribution in [0.25, 0.3) is 0 Å². The molecular formula is C13H24ClN3O3S. The minimum absolute atomic E-state index is 0.0623. The molecule has 122 valence electrons. The van der Waals surface area contributed by atoms with Crippen molar-refractivity contribution in [1.82, 2.24) is 10.2 Å². The quantitative estimate of drug-likeness (QED) is 0.664. The number of halogens is 1. The van der Waals surface area contributed by atoms with Crippen molar-refractivity contribution in [3.8, 4) is 0 Å².